The van der Waals surface area contributed by atoms with Crippen molar-refractivity contribution in [2.24, 2.45) is 0 Å². The number of amides is 1. The van der Waals surface area contributed by atoms with Gasteiger partial charge in [0, 0.05) is 12.1 Å². The lowest BCUT2D eigenvalue weighted by molar-refractivity contribution is -0.137. The first-order valence-electron chi connectivity index (χ1n) is 9.22. The molecule has 2 rings (SSSR count). The van der Waals surface area contributed by atoms with Crippen LogP contribution in [0.2, 0.25) is 0 Å². The van der Waals surface area contributed by atoms with E-state index in [1.807, 2.05) is 13.8 Å². The topological polar surface area (TPSA) is 79.8 Å². The third kappa shape index (κ3) is 6.11. The van der Waals surface area contributed by atoms with E-state index in [-0.39, 0.29) is 23.8 Å². The van der Waals surface area contributed by atoms with Crippen molar-refractivity contribution in [3.63, 3.8) is 0 Å². The largest absolute Gasteiger partial charge is 0.493 e. The molecule has 0 aromatic heterocycles. The summed E-state index contributed by atoms with van der Waals surface area (Å²) >= 11 is 0. The Balaban J connectivity index is 2.03. The highest BCUT2D eigenvalue weighted by Crippen LogP contribution is 2.32. The molecule has 6 nitrogen and oxygen atoms in total. The van der Waals surface area contributed by atoms with Crippen molar-refractivity contribution in [2.75, 3.05) is 13.7 Å². The highest BCUT2D eigenvalue weighted by Gasteiger charge is 2.32. The predicted molar refractivity (Wildman–Crippen MR) is 105 cm³/mol. The summed E-state index contributed by atoms with van der Waals surface area (Å²) < 4.78 is 49.5. The summed E-state index contributed by atoms with van der Waals surface area (Å²) in [6.45, 7) is 4.86. The second-order valence-electron chi connectivity index (χ2n) is 7.19. The van der Waals surface area contributed by atoms with Crippen LogP contribution in [0.15, 0.2) is 42.5 Å². The van der Waals surface area contributed by atoms with Gasteiger partial charge in [-0.25, -0.2) is 5.43 Å². The van der Waals surface area contributed by atoms with Gasteiger partial charge in [0.05, 0.1) is 18.8 Å². The van der Waals surface area contributed by atoms with Crippen LogP contribution in [-0.2, 0) is 11.8 Å². The molecular formula is C21H25F3N2O4. The molecule has 2 aromatic rings. The maximum atomic E-state index is 12.9. The number of carbonyl (C=O) groups excluding carboxylic acids is 1. The first-order chi connectivity index (χ1) is 13.9. The maximum absolute atomic E-state index is 12.9. The average molecular weight is 426 g/mol. The zero-order valence-corrected chi connectivity index (χ0v) is 17.1. The Labute approximate surface area is 173 Å². The molecule has 0 saturated carbocycles. The number of hydrogen-bond acceptors (Lipinski definition) is 5. The Kier molecular flexibility index (Phi) is 7.33. The van der Waals surface area contributed by atoms with Crippen molar-refractivity contribution in [3.8, 4) is 11.5 Å². The van der Waals surface area contributed by atoms with Crippen molar-refractivity contribution in [2.45, 2.75) is 38.7 Å². The van der Waals surface area contributed by atoms with Crippen molar-refractivity contribution >= 4 is 5.91 Å². The average Bonchev–Trinajstić information content (AvgIpc) is 2.67. The molecule has 0 radical (unpaired) electrons. The number of nitrogens with one attached hydrogen (secondary N) is 2. The van der Waals surface area contributed by atoms with E-state index in [1.54, 1.807) is 12.1 Å². The highest BCUT2D eigenvalue weighted by atomic mass is 19.4. The van der Waals surface area contributed by atoms with E-state index in [4.69, 9.17) is 9.47 Å². The minimum Gasteiger partial charge on any atom is -0.493 e. The molecule has 3 N–H and O–H groups in total. The molecule has 1 atom stereocenters. The maximum Gasteiger partial charge on any atom is 0.416 e. The summed E-state index contributed by atoms with van der Waals surface area (Å²) in [7, 11) is 1.45. The van der Waals surface area contributed by atoms with Gasteiger partial charge in [-0.2, -0.15) is 13.2 Å². The van der Waals surface area contributed by atoms with Crippen molar-refractivity contribution in [1.82, 2.24) is 10.9 Å². The predicted octanol–water partition coefficient (Wildman–Crippen LogP) is 3.64. The number of halogens is 3. The molecule has 0 aliphatic carbocycles. The van der Waals surface area contributed by atoms with Gasteiger partial charge in [0.1, 0.15) is 5.60 Å². The Hall–Kier alpha value is -2.78. The Morgan fingerprint density at radius 2 is 1.77 bits per heavy atom. The first-order valence-corrected chi connectivity index (χ1v) is 9.22. The van der Waals surface area contributed by atoms with Crippen LogP contribution in [0, 0.1) is 0 Å². The lowest BCUT2D eigenvalue weighted by Crippen LogP contribution is -2.45. The Morgan fingerprint density at radius 3 is 2.37 bits per heavy atom. The van der Waals surface area contributed by atoms with E-state index in [0.29, 0.717) is 11.5 Å². The van der Waals surface area contributed by atoms with E-state index in [1.165, 1.54) is 32.2 Å². The van der Waals surface area contributed by atoms with Gasteiger partial charge < -0.3 is 14.6 Å². The number of alkyl halides is 3. The quantitative estimate of drug-likeness (QED) is 0.562. The highest BCUT2D eigenvalue weighted by molar-refractivity contribution is 5.94. The molecule has 0 heterocycles. The van der Waals surface area contributed by atoms with Gasteiger partial charge in [0.15, 0.2) is 11.5 Å². The standard InChI is InChI=1S/C21H25F3N2O4/c1-13(2)30-17-9-8-14(10-18(17)29-4)19(27)26-25-12-20(3,28)15-6-5-7-16(11-15)21(22,23)24/h5-11,13,25,28H,12H2,1-4H3,(H,26,27). The van der Waals surface area contributed by atoms with Crippen LogP contribution < -0.4 is 20.3 Å². The van der Waals surface area contributed by atoms with E-state index in [2.05, 4.69) is 10.9 Å². The zero-order chi connectivity index (χ0) is 22.5. The number of methoxy groups -OCH3 is 1. The molecule has 2 aromatic carbocycles. The number of hydrogen-bond donors (Lipinski definition) is 3. The van der Waals surface area contributed by atoms with Gasteiger partial charge in [-0.15, -0.1) is 0 Å². The van der Waals surface area contributed by atoms with Crippen LogP contribution in [0.25, 0.3) is 0 Å². The smallest absolute Gasteiger partial charge is 0.416 e. The monoisotopic (exact) mass is 426 g/mol. The SMILES string of the molecule is COc1cc(C(=O)NNCC(C)(O)c2cccc(C(F)(F)F)c2)ccc1OC(C)C. The van der Waals surface area contributed by atoms with Crippen LogP contribution >= 0.6 is 0 Å². The number of rotatable bonds is 8. The third-order valence-electron chi connectivity index (χ3n) is 4.23. The fourth-order valence-electron chi connectivity index (χ4n) is 2.66. The summed E-state index contributed by atoms with van der Waals surface area (Å²) in [5.41, 5.74) is 2.80. The summed E-state index contributed by atoms with van der Waals surface area (Å²) in [5.74, 6) is 0.362. The molecular weight excluding hydrogens is 401 g/mol. The van der Waals surface area contributed by atoms with E-state index >= 15 is 0 Å². The van der Waals surface area contributed by atoms with Crippen molar-refractivity contribution < 1.29 is 32.5 Å². The second kappa shape index (κ2) is 9.36. The first kappa shape index (κ1) is 23.5. The molecule has 0 aliphatic heterocycles. The normalized spacial score (nSPS) is 13.6. The Morgan fingerprint density at radius 1 is 1.10 bits per heavy atom. The van der Waals surface area contributed by atoms with Crippen molar-refractivity contribution in [3.05, 3.63) is 59.2 Å². The van der Waals surface area contributed by atoms with Crippen LogP contribution in [0.4, 0.5) is 13.2 Å². The summed E-state index contributed by atoms with van der Waals surface area (Å²) in [4.78, 5) is 12.4. The number of hydrazine groups is 1. The van der Waals surface area contributed by atoms with E-state index in [9.17, 15) is 23.1 Å². The molecule has 0 bridgehead atoms. The lowest BCUT2D eigenvalue weighted by Gasteiger charge is -2.25. The number of ether oxygens (including phenoxy) is 2. The molecule has 0 spiro atoms. The molecule has 30 heavy (non-hydrogen) atoms. The van der Waals surface area contributed by atoms with Gasteiger partial charge in [0.2, 0.25) is 0 Å². The molecule has 9 heteroatoms. The van der Waals surface area contributed by atoms with Crippen LogP contribution in [-0.4, -0.2) is 30.8 Å². The number of benzene rings is 2. The molecule has 0 saturated heterocycles. The van der Waals surface area contributed by atoms with Gasteiger partial charge >= 0.3 is 6.18 Å². The van der Waals surface area contributed by atoms with Gasteiger partial charge in [-0.05, 0) is 56.7 Å². The lowest BCUT2D eigenvalue weighted by atomic mass is 9.94. The summed E-state index contributed by atoms with van der Waals surface area (Å²) in [5, 5.41) is 10.5. The number of aliphatic hydroxyl groups is 1. The van der Waals surface area contributed by atoms with Gasteiger partial charge in [-0.1, -0.05) is 12.1 Å². The van der Waals surface area contributed by atoms with E-state index < -0.39 is 23.2 Å². The number of carbonyl (C=O) groups is 1. The zero-order valence-electron chi connectivity index (χ0n) is 17.1. The van der Waals surface area contributed by atoms with Crippen LogP contribution in [0.3, 0.4) is 0 Å². The fraction of sp³-hybridized carbons (Fsp3) is 0.381. The summed E-state index contributed by atoms with van der Waals surface area (Å²) in [6, 6.07) is 9.06. The summed E-state index contributed by atoms with van der Waals surface area (Å²) in [6.07, 6.45) is -4.59. The van der Waals surface area contributed by atoms with Gasteiger partial charge in [0.25, 0.3) is 5.91 Å². The minimum absolute atomic E-state index is 0.0657. The van der Waals surface area contributed by atoms with Crippen LogP contribution in [0.1, 0.15) is 42.3 Å². The Bertz CT molecular complexity index is 883. The fourth-order valence-corrected chi connectivity index (χ4v) is 2.66. The molecule has 0 aliphatic rings. The second-order valence-corrected chi connectivity index (χ2v) is 7.19. The van der Waals surface area contributed by atoms with Crippen LogP contribution in [0.5, 0.6) is 11.5 Å². The van der Waals surface area contributed by atoms with Crippen molar-refractivity contribution in [1.29, 1.82) is 0 Å². The molecule has 1 unspecified atom stereocenters. The minimum atomic E-state index is -4.52. The molecule has 0 fully saturated rings. The van der Waals surface area contributed by atoms with E-state index in [0.717, 1.165) is 12.1 Å². The molecule has 1 amide bonds. The van der Waals surface area contributed by atoms with Gasteiger partial charge in [-0.3, -0.25) is 10.2 Å². The molecule has 164 valence electrons. The third-order valence-corrected chi connectivity index (χ3v) is 4.23.